The molecule has 0 amide bonds. The van der Waals surface area contributed by atoms with Gasteiger partial charge in [-0.1, -0.05) is 0 Å². The van der Waals surface area contributed by atoms with Crippen LogP contribution < -0.4 is 0 Å². The molecule has 0 unspecified atom stereocenters. The molecule has 0 saturated heterocycles. The summed E-state index contributed by atoms with van der Waals surface area (Å²) in [4.78, 5) is 22.7. The van der Waals surface area contributed by atoms with Gasteiger partial charge in [-0.15, -0.1) is 0 Å². The summed E-state index contributed by atoms with van der Waals surface area (Å²) in [7, 11) is 0. The quantitative estimate of drug-likeness (QED) is 0.461. The fraction of sp³-hybridized carbons (Fsp3) is 0. The molecule has 0 heterocycles. The smallest absolute Gasteiger partial charge is 0.319 e. The Labute approximate surface area is 73.7 Å². The minimum atomic E-state index is -3.81. The summed E-state index contributed by atoms with van der Waals surface area (Å²) in [5.74, 6) is 0. The molecule has 0 aromatic carbocycles. The van der Waals surface area contributed by atoms with E-state index in [0.717, 1.165) is 0 Å². The first-order valence-corrected chi connectivity index (χ1v) is 3.44. The Morgan fingerprint density at radius 2 is 1.14 bits per heavy atom. The molecule has 7 heavy (non-hydrogen) atoms. The van der Waals surface area contributed by atoms with Gasteiger partial charge in [-0.3, -0.25) is 0 Å². The fourth-order valence-corrected chi connectivity index (χ4v) is 0. The molecule has 0 rings (SSSR count). The van der Waals surface area contributed by atoms with Gasteiger partial charge in [0.2, 0.25) is 0 Å². The summed E-state index contributed by atoms with van der Waals surface area (Å²) >= 11 is 3.60. The van der Waals surface area contributed by atoms with Gasteiger partial charge in [0.25, 0.3) is 0 Å². The molecule has 43 valence electrons. The van der Waals surface area contributed by atoms with Crippen LogP contribution in [0, 0.1) is 35.6 Å². The predicted molar refractivity (Wildman–Crippen MR) is 24.6 cm³/mol. The van der Waals surface area contributed by atoms with Crippen LogP contribution >= 0.6 is 6.72 Å². The van der Waals surface area contributed by atoms with Crippen LogP contribution in [0.5, 0.6) is 0 Å². The van der Waals surface area contributed by atoms with Gasteiger partial charge in [-0.2, -0.15) is 0 Å². The van der Waals surface area contributed by atoms with Gasteiger partial charge in [-0.25, -0.2) is 0 Å². The van der Waals surface area contributed by atoms with Crippen LogP contribution in [0.1, 0.15) is 0 Å². The van der Waals surface area contributed by atoms with E-state index in [0.29, 0.717) is 0 Å². The molecule has 0 aliphatic carbocycles. The molecule has 0 aromatic heterocycles. The third-order valence-electron chi connectivity index (χ3n) is 0. The molecule has 0 fully saturated rings. The summed E-state index contributed by atoms with van der Waals surface area (Å²) in [5, 5.41) is 0. The Morgan fingerprint density at radius 1 is 1.14 bits per heavy atom. The average Bonchev–Trinajstić information content (AvgIpc) is 0.722. The van der Waals surface area contributed by atoms with Gasteiger partial charge in [0.15, 0.2) is 0 Å². The number of hydrogen-bond donors (Lipinski definition) is 3. The minimum absolute atomic E-state index is 0. The predicted octanol–water partition coefficient (Wildman–Crippen LogP) is -1.64. The van der Waals surface area contributed by atoms with Crippen molar-refractivity contribution in [2.24, 2.45) is 0 Å². The van der Waals surface area contributed by atoms with E-state index in [2.05, 4.69) is 11.8 Å². The first-order chi connectivity index (χ1) is 2.00. The van der Waals surface area contributed by atoms with E-state index >= 15 is 0 Å². The van der Waals surface area contributed by atoms with E-state index in [4.69, 9.17) is 14.7 Å². The van der Waals surface area contributed by atoms with E-state index in [-0.39, 0.29) is 41.1 Å². The van der Waals surface area contributed by atoms with Crippen molar-refractivity contribution >= 4 is 18.5 Å². The molecule has 7 heteroatoms. The first-order valence-electron chi connectivity index (χ1n) is 0.783. The molecule has 4 nitrogen and oxygen atoms in total. The molecular formula is H5LaO4PS. The molecule has 0 aliphatic rings. The summed E-state index contributed by atoms with van der Waals surface area (Å²) in [5.41, 5.74) is 0. The van der Waals surface area contributed by atoms with Gasteiger partial charge < -0.3 is 20.2 Å². The summed E-state index contributed by atoms with van der Waals surface area (Å²) in [6, 6.07) is 0. The van der Waals surface area contributed by atoms with Gasteiger partial charge in [0.05, 0.1) is 0 Å². The van der Waals surface area contributed by atoms with Crippen molar-refractivity contribution in [3.63, 3.8) is 0 Å². The van der Waals surface area contributed by atoms with Crippen molar-refractivity contribution in [1.29, 1.82) is 0 Å². The van der Waals surface area contributed by atoms with E-state index in [1.165, 1.54) is 0 Å². The van der Waals surface area contributed by atoms with E-state index in [9.17, 15) is 0 Å². The van der Waals surface area contributed by atoms with Crippen LogP contribution in [0.15, 0.2) is 0 Å². The number of hydrogen-bond acceptors (Lipinski definition) is 1. The van der Waals surface area contributed by atoms with Crippen LogP contribution in [0.2, 0.25) is 0 Å². The van der Waals surface area contributed by atoms with Crippen molar-refractivity contribution in [2.75, 3.05) is 0 Å². The van der Waals surface area contributed by atoms with Crippen LogP contribution in [-0.2, 0) is 11.8 Å². The van der Waals surface area contributed by atoms with Crippen LogP contribution in [-0.4, -0.2) is 20.2 Å². The van der Waals surface area contributed by atoms with Crippen LogP contribution in [0.4, 0.5) is 0 Å². The largest absolute Gasteiger partial charge is 0.412 e. The maximum Gasteiger partial charge on any atom is 0.319 e. The zero-order valence-electron chi connectivity index (χ0n) is 3.27. The van der Waals surface area contributed by atoms with E-state index in [1.807, 2.05) is 0 Å². The Morgan fingerprint density at radius 3 is 1.14 bits per heavy atom. The third-order valence-corrected chi connectivity index (χ3v) is 0. The van der Waals surface area contributed by atoms with Crippen molar-refractivity contribution in [3.05, 3.63) is 0 Å². The zero-order valence-corrected chi connectivity index (χ0v) is 8.61. The van der Waals surface area contributed by atoms with Crippen molar-refractivity contribution in [2.45, 2.75) is 0 Å². The maximum atomic E-state index is 7.56. The Hall–Kier alpha value is 1.68. The maximum absolute atomic E-state index is 7.56. The van der Waals surface area contributed by atoms with Crippen molar-refractivity contribution in [1.82, 2.24) is 0 Å². The zero-order chi connectivity index (χ0) is 4.50. The molecule has 1 radical (unpaired) electrons. The Kier molecular flexibility index (Phi) is 13.2. The summed E-state index contributed by atoms with van der Waals surface area (Å²) in [6.07, 6.45) is 0. The molecule has 0 spiro atoms. The second-order valence-electron chi connectivity index (χ2n) is 0.513. The second kappa shape index (κ2) is 5.81. The first kappa shape index (κ1) is 15.9. The molecule has 0 atom stereocenters. The van der Waals surface area contributed by atoms with Gasteiger partial charge >= 0.3 is 6.72 Å². The fourth-order valence-electron chi connectivity index (χ4n) is 0. The molecular weight excluding hydrogens is 266 g/mol. The van der Waals surface area contributed by atoms with Crippen LogP contribution in [0.25, 0.3) is 0 Å². The Bertz CT molecular complexity index is 57.8. The standard InChI is InChI=1S/La.H3O3PS.H2O/c;1-4(2,3)5;/h;(H3,1,2,3,5);1H2. The van der Waals surface area contributed by atoms with Crippen molar-refractivity contribution in [3.8, 4) is 0 Å². The molecule has 0 bridgehead atoms. The summed E-state index contributed by atoms with van der Waals surface area (Å²) < 4.78 is 0. The summed E-state index contributed by atoms with van der Waals surface area (Å²) in [6.45, 7) is -3.81. The van der Waals surface area contributed by atoms with Gasteiger partial charge in [-0.05, 0) is 11.8 Å². The van der Waals surface area contributed by atoms with Gasteiger partial charge in [0.1, 0.15) is 0 Å². The second-order valence-corrected chi connectivity index (χ2v) is 3.01. The van der Waals surface area contributed by atoms with Gasteiger partial charge in [0, 0.05) is 35.6 Å². The van der Waals surface area contributed by atoms with E-state index < -0.39 is 6.72 Å². The van der Waals surface area contributed by atoms with E-state index in [1.54, 1.807) is 0 Å². The minimum Gasteiger partial charge on any atom is -0.412 e. The number of rotatable bonds is 0. The molecule has 0 aliphatic heterocycles. The van der Waals surface area contributed by atoms with Crippen LogP contribution in [0.3, 0.4) is 0 Å². The molecule has 0 saturated carbocycles. The normalized spacial score (nSPS) is 8.43. The van der Waals surface area contributed by atoms with Crippen molar-refractivity contribution < 1.29 is 55.8 Å². The third kappa shape index (κ3) is 87.5. The molecule has 5 N–H and O–H groups in total. The Balaban J connectivity index is -0.0000000800. The molecule has 0 aromatic rings. The topological polar surface area (TPSA) is 92.2 Å². The average molecular weight is 271 g/mol. The SMILES string of the molecule is O.OP(O)(O)=S.[La]. The monoisotopic (exact) mass is 271 g/mol.